The van der Waals surface area contributed by atoms with Gasteiger partial charge in [-0.05, 0) is 24.3 Å². The van der Waals surface area contributed by atoms with Crippen molar-refractivity contribution < 1.29 is 4.42 Å². The molecule has 0 fully saturated rings. The molecule has 0 aliphatic carbocycles. The summed E-state index contributed by atoms with van der Waals surface area (Å²) in [4.78, 5) is 8.30. The summed E-state index contributed by atoms with van der Waals surface area (Å²) in [7, 11) is 0. The quantitative estimate of drug-likeness (QED) is 0.423. The molecule has 6 heteroatoms. The molecule has 0 spiro atoms. The maximum atomic E-state index is 5.79. The first-order chi connectivity index (χ1) is 9.33. The summed E-state index contributed by atoms with van der Waals surface area (Å²) < 4.78 is 5.45. The van der Waals surface area contributed by atoms with Gasteiger partial charge < -0.3 is 10.2 Å². The Labute approximate surface area is 109 Å². The summed E-state index contributed by atoms with van der Waals surface area (Å²) in [6.45, 7) is 0. The molecular weight excluding hydrogens is 242 g/mol. The molecule has 6 nitrogen and oxygen atoms in total. The van der Waals surface area contributed by atoms with Crippen molar-refractivity contribution in [3.63, 3.8) is 0 Å². The van der Waals surface area contributed by atoms with Crippen LogP contribution in [0.15, 0.2) is 58.2 Å². The van der Waals surface area contributed by atoms with Crippen LogP contribution in [0.2, 0.25) is 0 Å². The van der Waals surface area contributed by atoms with Gasteiger partial charge in [0.25, 0.3) is 0 Å². The van der Waals surface area contributed by atoms with E-state index in [-0.39, 0.29) is 5.84 Å². The Hall–Kier alpha value is -2.89. The third kappa shape index (κ3) is 2.37. The second-order valence-electron chi connectivity index (χ2n) is 3.81. The number of benzene rings is 1. The molecule has 2 heterocycles. The zero-order chi connectivity index (χ0) is 13.1. The zero-order valence-electron chi connectivity index (χ0n) is 9.95. The number of anilines is 1. The highest BCUT2D eigenvalue weighted by Gasteiger charge is 2.04. The van der Waals surface area contributed by atoms with E-state index in [1.54, 1.807) is 12.3 Å². The minimum atomic E-state index is 0.267. The third-order valence-electron chi connectivity index (χ3n) is 2.49. The number of nitrogens with one attached hydrogen (secondary N) is 1. The van der Waals surface area contributed by atoms with E-state index in [2.05, 4.69) is 20.5 Å². The van der Waals surface area contributed by atoms with E-state index in [4.69, 9.17) is 10.2 Å². The van der Waals surface area contributed by atoms with Crippen LogP contribution in [0.25, 0.3) is 11.1 Å². The van der Waals surface area contributed by atoms with Crippen LogP contribution in [0.4, 0.5) is 6.01 Å². The van der Waals surface area contributed by atoms with Crippen molar-refractivity contribution in [2.75, 3.05) is 5.43 Å². The van der Waals surface area contributed by atoms with Crippen molar-refractivity contribution in [3.05, 3.63) is 54.4 Å². The standard InChI is InChI=1S/C13H11N5O/c14-12(10-6-3-4-8-15-10)17-18-13-16-9-5-1-2-7-11(9)19-13/h1-8H,(H2,14,17)(H,16,18). The van der Waals surface area contributed by atoms with Crippen molar-refractivity contribution in [2.24, 2.45) is 10.8 Å². The number of hydrogen-bond donors (Lipinski definition) is 2. The maximum Gasteiger partial charge on any atom is 0.316 e. The van der Waals surface area contributed by atoms with Gasteiger partial charge in [-0.1, -0.05) is 18.2 Å². The first kappa shape index (κ1) is 11.2. The van der Waals surface area contributed by atoms with Crippen molar-refractivity contribution >= 4 is 22.9 Å². The minimum Gasteiger partial charge on any atom is -0.422 e. The highest BCUT2D eigenvalue weighted by Crippen LogP contribution is 2.17. The summed E-state index contributed by atoms with van der Waals surface area (Å²) in [5.74, 6) is 0.267. The Morgan fingerprint density at radius 2 is 2.00 bits per heavy atom. The predicted molar refractivity (Wildman–Crippen MR) is 72.6 cm³/mol. The fraction of sp³-hybridized carbons (Fsp3) is 0. The van der Waals surface area contributed by atoms with Crippen LogP contribution in [-0.2, 0) is 0 Å². The second kappa shape index (κ2) is 4.77. The Morgan fingerprint density at radius 1 is 1.16 bits per heavy atom. The zero-order valence-corrected chi connectivity index (χ0v) is 9.95. The highest BCUT2D eigenvalue weighted by atomic mass is 16.4. The SMILES string of the molecule is N/C(=N\Nc1nc2ccccc2o1)c1ccccn1. The summed E-state index contributed by atoms with van der Waals surface area (Å²) in [6.07, 6.45) is 1.65. The van der Waals surface area contributed by atoms with Crippen molar-refractivity contribution in [1.29, 1.82) is 0 Å². The normalized spacial score (nSPS) is 11.7. The van der Waals surface area contributed by atoms with Crippen LogP contribution in [0.1, 0.15) is 5.69 Å². The summed E-state index contributed by atoms with van der Waals surface area (Å²) >= 11 is 0. The Kier molecular flexibility index (Phi) is 2.82. The molecule has 3 rings (SSSR count). The van der Waals surface area contributed by atoms with Crippen LogP contribution in [-0.4, -0.2) is 15.8 Å². The number of amidine groups is 1. The monoisotopic (exact) mass is 253 g/mol. The average molecular weight is 253 g/mol. The van der Waals surface area contributed by atoms with E-state index < -0.39 is 0 Å². The lowest BCUT2D eigenvalue weighted by molar-refractivity contribution is 0.617. The van der Waals surface area contributed by atoms with E-state index in [1.807, 2.05) is 36.4 Å². The molecule has 0 aliphatic rings. The first-order valence-electron chi connectivity index (χ1n) is 5.69. The summed E-state index contributed by atoms with van der Waals surface area (Å²) in [5, 5.41) is 3.99. The Bertz CT molecular complexity index is 687. The molecule has 0 unspecified atom stereocenters. The molecule has 0 radical (unpaired) electrons. The molecule has 0 bridgehead atoms. The van der Waals surface area contributed by atoms with Gasteiger partial charge in [-0.25, -0.2) is 5.43 Å². The topological polar surface area (TPSA) is 89.3 Å². The van der Waals surface area contributed by atoms with Gasteiger partial charge in [0.2, 0.25) is 0 Å². The van der Waals surface area contributed by atoms with Gasteiger partial charge in [0.05, 0.1) is 0 Å². The van der Waals surface area contributed by atoms with Gasteiger partial charge >= 0.3 is 6.01 Å². The van der Waals surface area contributed by atoms with Crippen LogP contribution in [0.3, 0.4) is 0 Å². The summed E-state index contributed by atoms with van der Waals surface area (Å²) in [6, 6.07) is 13.2. The van der Waals surface area contributed by atoms with E-state index in [1.165, 1.54) is 0 Å². The molecule has 3 aromatic rings. The number of nitrogens with two attached hydrogens (primary N) is 1. The average Bonchev–Trinajstić information content (AvgIpc) is 2.88. The van der Waals surface area contributed by atoms with Crippen LogP contribution in [0.5, 0.6) is 0 Å². The number of fused-ring (bicyclic) bond motifs is 1. The molecule has 0 atom stereocenters. The molecule has 0 saturated heterocycles. The van der Waals surface area contributed by atoms with Gasteiger partial charge in [0.1, 0.15) is 11.2 Å². The lowest BCUT2D eigenvalue weighted by Gasteiger charge is -1.98. The molecule has 1 aromatic carbocycles. The number of nitrogens with zero attached hydrogens (tertiary/aromatic N) is 3. The molecule has 94 valence electrons. The van der Waals surface area contributed by atoms with Crippen LogP contribution >= 0.6 is 0 Å². The number of hydrazone groups is 1. The number of rotatable bonds is 3. The fourth-order valence-electron chi connectivity index (χ4n) is 1.60. The van der Waals surface area contributed by atoms with Crippen molar-refractivity contribution in [1.82, 2.24) is 9.97 Å². The van der Waals surface area contributed by atoms with E-state index in [0.717, 1.165) is 5.52 Å². The molecule has 19 heavy (non-hydrogen) atoms. The molecule has 0 amide bonds. The molecule has 0 saturated carbocycles. The van der Waals surface area contributed by atoms with Gasteiger partial charge in [0, 0.05) is 6.20 Å². The van der Waals surface area contributed by atoms with Crippen molar-refractivity contribution in [3.8, 4) is 0 Å². The molecular formula is C13H11N5O. The Balaban J connectivity index is 1.82. The lowest BCUT2D eigenvalue weighted by atomic mass is 10.3. The van der Waals surface area contributed by atoms with Gasteiger partial charge in [-0.3, -0.25) is 4.98 Å². The van der Waals surface area contributed by atoms with Gasteiger partial charge in [0.15, 0.2) is 11.4 Å². The summed E-state index contributed by atoms with van der Waals surface area (Å²) in [5.41, 5.74) is 10.5. The van der Waals surface area contributed by atoms with Gasteiger partial charge in [-0.2, -0.15) is 10.1 Å². The third-order valence-corrected chi connectivity index (χ3v) is 2.49. The second-order valence-corrected chi connectivity index (χ2v) is 3.81. The lowest BCUT2D eigenvalue weighted by Crippen LogP contribution is -2.16. The van der Waals surface area contributed by atoms with E-state index in [9.17, 15) is 0 Å². The number of hydrogen-bond acceptors (Lipinski definition) is 5. The predicted octanol–water partition coefficient (Wildman–Crippen LogP) is 1.96. The van der Waals surface area contributed by atoms with Crippen LogP contribution in [0, 0.1) is 0 Å². The number of aromatic nitrogens is 2. The number of pyridine rings is 1. The van der Waals surface area contributed by atoms with E-state index >= 15 is 0 Å². The van der Waals surface area contributed by atoms with Crippen molar-refractivity contribution in [2.45, 2.75) is 0 Å². The van der Waals surface area contributed by atoms with Crippen LogP contribution < -0.4 is 11.2 Å². The molecule has 0 aliphatic heterocycles. The number of oxazole rings is 1. The van der Waals surface area contributed by atoms with E-state index in [0.29, 0.717) is 17.3 Å². The first-order valence-corrected chi connectivity index (χ1v) is 5.69. The smallest absolute Gasteiger partial charge is 0.316 e. The minimum absolute atomic E-state index is 0.267. The fourth-order valence-corrected chi connectivity index (χ4v) is 1.60. The highest BCUT2D eigenvalue weighted by molar-refractivity contribution is 5.95. The van der Waals surface area contributed by atoms with Gasteiger partial charge in [-0.15, -0.1) is 0 Å². The largest absolute Gasteiger partial charge is 0.422 e. The maximum absolute atomic E-state index is 5.79. The molecule has 3 N–H and O–H groups in total. The molecule has 2 aromatic heterocycles. The number of para-hydroxylation sites is 2. The Morgan fingerprint density at radius 3 is 2.79 bits per heavy atom.